The Morgan fingerprint density at radius 2 is 1.95 bits per heavy atom. The zero-order chi connectivity index (χ0) is 25.9. The van der Waals surface area contributed by atoms with Crippen LogP contribution in [0.3, 0.4) is 0 Å². The maximum atomic E-state index is 5.00. The Morgan fingerprint density at radius 3 is 2.68 bits per heavy atom. The lowest BCUT2D eigenvalue weighted by atomic mass is 10.1. The summed E-state index contributed by atoms with van der Waals surface area (Å²) < 4.78 is 0. The van der Waals surface area contributed by atoms with E-state index in [9.17, 15) is 0 Å². The van der Waals surface area contributed by atoms with Crippen LogP contribution in [0, 0.1) is 5.92 Å². The van der Waals surface area contributed by atoms with Gasteiger partial charge in [-0.2, -0.15) is 5.10 Å². The van der Waals surface area contributed by atoms with Crippen molar-refractivity contribution in [3.05, 3.63) is 103 Å². The van der Waals surface area contributed by atoms with Crippen molar-refractivity contribution in [2.75, 3.05) is 0 Å². The van der Waals surface area contributed by atoms with Gasteiger partial charge in [-0.25, -0.2) is 4.98 Å². The largest absolute Gasteiger partial charge is 0.359 e. The van der Waals surface area contributed by atoms with E-state index in [1.165, 1.54) is 0 Å². The summed E-state index contributed by atoms with van der Waals surface area (Å²) in [6.45, 7) is 14.3. The summed E-state index contributed by atoms with van der Waals surface area (Å²) in [6, 6.07) is 11.9. The third-order valence-electron chi connectivity index (χ3n) is 6.29. The molecular formula is C30H29N7. The van der Waals surface area contributed by atoms with Gasteiger partial charge in [-0.05, 0) is 67.0 Å². The molecule has 37 heavy (non-hydrogen) atoms. The van der Waals surface area contributed by atoms with E-state index in [0.717, 1.165) is 67.2 Å². The maximum absolute atomic E-state index is 5.00. The van der Waals surface area contributed by atoms with Crippen LogP contribution < -0.4 is 5.32 Å². The summed E-state index contributed by atoms with van der Waals surface area (Å²) in [5, 5.41) is 12.1. The summed E-state index contributed by atoms with van der Waals surface area (Å²) in [5.74, 6) is 0.311. The SMILES string of the molecule is C=C/C(=C\C(=C/C)c1ccc2[nH]nc(-c3cc4c(-c5cccnc5)nccc4[nH]3)c2n1)NC(=C)C(C)C. The fourth-order valence-electron chi connectivity index (χ4n) is 4.11. The molecule has 0 atom stereocenters. The smallest absolute Gasteiger partial charge is 0.135 e. The molecule has 0 saturated heterocycles. The lowest BCUT2D eigenvalue weighted by Gasteiger charge is -2.14. The van der Waals surface area contributed by atoms with Gasteiger partial charge in [-0.3, -0.25) is 15.1 Å². The van der Waals surface area contributed by atoms with Crippen LogP contribution in [-0.2, 0) is 0 Å². The average molecular weight is 488 g/mol. The van der Waals surface area contributed by atoms with Gasteiger partial charge >= 0.3 is 0 Å². The van der Waals surface area contributed by atoms with Gasteiger partial charge in [-0.15, -0.1) is 0 Å². The second-order valence-electron chi connectivity index (χ2n) is 9.06. The number of aromatic nitrogens is 6. The van der Waals surface area contributed by atoms with Crippen molar-refractivity contribution in [2.24, 2.45) is 5.92 Å². The Bertz CT molecular complexity index is 1670. The monoisotopic (exact) mass is 487 g/mol. The average Bonchev–Trinajstić information content (AvgIpc) is 3.54. The van der Waals surface area contributed by atoms with E-state index < -0.39 is 0 Å². The Hall–Kier alpha value is -4.78. The molecule has 0 fully saturated rings. The van der Waals surface area contributed by atoms with Crippen LogP contribution in [0.2, 0.25) is 0 Å². The van der Waals surface area contributed by atoms with Crippen LogP contribution in [0.4, 0.5) is 0 Å². The molecule has 0 bridgehead atoms. The Kier molecular flexibility index (Phi) is 6.51. The van der Waals surface area contributed by atoms with Crippen LogP contribution in [-0.4, -0.2) is 30.1 Å². The normalized spacial score (nSPS) is 12.4. The number of pyridine rings is 3. The molecule has 5 rings (SSSR count). The lowest BCUT2D eigenvalue weighted by molar-refractivity contribution is 0.710. The summed E-state index contributed by atoms with van der Waals surface area (Å²) in [6.07, 6.45) is 11.2. The van der Waals surface area contributed by atoms with Gasteiger partial charge in [0, 0.05) is 46.5 Å². The predicted octanol–water partition coefficient (Wildman–Crippen LogP) is 6.80. The fourth-order valence-corrected chi connectivity index (χ4v) is 4.11. The number of hydrogen-bond acceptors (Lipinski definition) is 5. The topological polar surface area (TPSA) is 95.2 Å². The van der Waals surface area contributed by atoms with Crippen molar-refractivity contribution < 1.29 is 0 Å². The molecule has 0 aliphatic carbocycles. The number of fused-ring (bicyclic) bond motifs is 2. The van der Waals surface area contributed by atoms with Crippen LogP contribution in [0.1, 0.15) is 26.5 Å². The van der Waals surface area contributed by atoms with E-state index in [1.54, 1.807) is 18.5 Å². The minimum atomic E-state index is 0.311. The molecule has 7 heteroatoms. The van der Waals surface area contributed by atoms with Crippen molar-refractivity contribution in [2.45, 2.75) is 20.8 Å². The van der Waals surface area contributed by atoms with Crippen LogP contribution in [0.5, 0.6) is 0 Å². The molecule has 3 N–H and O–H groups in total. The molecule has 0 spiro atoms. The van der Waals surface area contributed by atoms with E-state index in [-0.39, 0.29) is 0 Å². The highest BCUT2D eigenvalue weighted by atomic mass is 15.1. The lowest BCUT2D eigenvalue weighted by Crippen LogP contribution is -2.14. The zero-order valence-electron chi connectivity index (χ0n) is 21.2. The van der Waals surface area contributed by atoms with Crippen molar-refractivity contribution in [3.8, 4) is 22.6 Å². The van der Waals surface area contributed by atoms with Crippen LogP contribution >= 0.6 is 0 Å². The van der Waals surface area contributed by atoms with E-state index in [4.69, 9.17) is 4.98 Å². The Balaban J connectivity index is 1.56. The van der Waals surface area contributed by atoms with Crippen molar-refractivity contribution >= 4 is 27.5 Å². The maximum Gasteiger partial charge on any atom is 0.135 e. The number of H-pyrrole nitrogens is 2. The number of allylic oxidation sites excluding steroid dienone is 5. The fraction of sp³-hybridized carbons (Fsp3) is 0.133. The summed E-state index contributed by atoms with van der Waals surface area (Å²) in [4.78, 5) is 17.4. The first kappa shape index (κ1) is 23.9. The van der Waals surface area contributed by atoms with Crippen molar-refractivity contribution in [1.82, 2.24) is 35.5 Å². The number of rotatable bonds is 8. The highest BCUT2D eigenvalue weighted by molar-refractivity contribution is 5.99. The van der Waals surface area contributed by atoms with Gasteiger partial charge in [0.25, 0.3) is 0 Å². The molecule has 184 valence electrons. The molecule has 0 saturated carbocycles. The number of hydrogen-bond donors (Lipinski definition) is 3. The Morgan fingerprint density at radius 1 is 1.08 bits per heavy atom. The van der Waals surface area contributed by atoms with Gasteiger partial charge in [-0.1, -0.05) is 33.1 Å². The minimum Gasteiger partial charge on any atom is -0.359 e. The highest BCUT2D eigenvalue weighted by Crippen LogP contribution is 2.32. The second-order valence-corrected chi connectivity index (χ2v) is 9.06. The van der Waals surface area contributed by atoms with E-state index >= 15 is 0 Å². The van der Waals surface area contributed by atoms with Gasteiger partial charge in [0.05, 0.1) is 22.6 Å². The molecule has 5 aromatic rings. The van der Waals surface area contributed by atoms with Gasteiger partial charge in [0.1, 0.15) is 11.2 Å². The molecule has 5 aromatic heterocycles. The quantitative estimate of drug-likeness (QED) is 0.209. The highest BCUT2D eigenvalue weighted by Gasteiger charge is 2.16. The number of nitrogens with one attached hydrogen (secondary N) is 3. The molecular weight excluding hydrogens is 458 g/mol. The third kappa shape index (κ3) is 4.71. The molecule has 0 aromatic carbocycles. The first-order chi connectivity index (χ1) is 18.0. The predicted molar refractivity (Wildman–Crippen MR) is 151 cm³/mol. The van der Waals surface area contributed by atoms with Crippen molar-refractivity contribution in [3.63, 3.8) is 0 Å². The molecule has 0 amide bonds. The second kappa shape index (κ2) is 10.1. The first-order valence-electron chi connectivity index (χ1n) is 12.2. The van der Waals surface area contributed by atoms with Gasteiger partial charge < -0.3 is 10.3 Å². The molecule has 0 aliphatic rings. The minimum absolute atomic E-state index is 0.311. The van der Waals surface area contributed by atoms with E-state index in [0.29, 0.717) is 5.92 Å². The standard InChI is InChI=1S/C30H29N7/c1-6-20(15-22(7-2)33-19(5)18(3)4)24-10-11-26-29(35-24)30(37-36-26)27-16-23-25(34-27)12-14-32-28(23)21-9-8-13-31-17-21/h6-18,33-34H,2,5H2,1,3-4H3,(H,36,37)/b20-6+,22-15+. The van der Waals surface area contributed by atoms with E-state index in [2.05, 4.69) is 63.5 Å². The van der Waals surface area contributed by atoms with Gasteiger partial charge in [0.15, 0.2) is 0 Å². The summed E-state index contributed by atoms with van der Waals surface area (Å²) >= 11 is 0. The number of nitrogens with zero attached hydrogens (tertiary/aromatic N) is 4. The molecule has 0 aliphatic heterocycles. The van der Waals surface area contributed by atoms with Crippen molar-refractivity contribution in [1.29, 1.82) is 0 Å². The summed E-state index contributed by atoms with van der Waals surface area (Å²) in [5.41, 5.74) is 9.66. The first-order valence-corrected chi connectivity index (χ1v) is 12.2. The molecule has 0 radical (unpaired) electrons. The third-order valence-corrected chi connectivity index (χ3v) is 6.29. The zero-order valence-corrected chi connectivity index (χ0v) is 21.2. The number of aromatic amines is 2. The Labute approximate surface area is 215 Å². The van der Waals surface area contributed by atoms with Gasteiger partial charge in [0.2, 0.25) is 0 Å². The molecule has 7 nitrogen and oxygen atoms in total. The van der Waals surface area contributed by atoms with E-state index in [1.807, 2.05) is 55.6 Å². The molecule has 0 unspecified atom stereocenters. The van der Waals surface area contributed by atoms with Crippen LogP contribution in [0.25, 0.3) is 50.2 Å². The molecule has 5 heterocycles. The van der Waals surface area contributed by atoms with Crippen LogP contribution in [0.15, 0.2) is 97.8 Å². The summed E-state index contributed by atoms with van der Waals surface area (Å²) in [7, 11) is 0.